The van der Waals surface area contributed by atoms with Gasteiger partial charge in [-0.2, -0.15) is 5.10 Å². The van der Waals surface area contributed by atoms with E-state index in [2.05, 4.69) is 47.8 Å². The molecule has 3 heteroatoms. The van der Waals surface area contributed by atoms with Crippen LogP contribution in [0.4, 0.5) is 0 Å². The van der Waals surface area contributed by atoms with E-state index in [4.69, 9.17) is 0 Å². The molecule has 17 heavy (non-hydrogen) atoms. The predicted molar refractivity (Wildman–Crippen MR) is 68.2 cm³/mol. The monoisotopic (exact) mass is 227 g/mol. The maximum atomic E-state index is 4.38. The Bertz CT molecular complexity index is 512. The minimum absolute atomic E-state index is 0.738. The largest absolute Gasteiger partial charge is 0.310 e. The van der Waals surface area contributed by atoms with E-state index in [1.165, 1.54) is 29.7 Å². The molecule has 1 N–H and O–H groups in total. The Balaban J connectivity index is 1.86. The third-order valence-corrected chi connectivity index (χ3v) is 3.11. The van der Waals surface area contributed by atoms with E-state index in [9.17, 15) is 0 Å². The highest BCUT2D eigenvalue weighted by Crippen LogP contribution is 2.21. The summed E-state index contributed by atoms with van der Waals surface area (Å²) in [6, 6.07) is 9.18. The first kappa shape index (κ1) is 10.5. The van der Waals surface area contributed by atoms with Crippen molar-refractivity contribution >= 4 is 0 Å². The van der Waals surface area contributed by atoms with Gasteiger partial charge in [-0.3, -0.25) is 0 Å². The molecular formula is C14H17N3. The van der Waals surface area contributed by atoms with Gasteiger partial charge in [0.1, 0.15) is 0 Å². The van der Waals surface area contributed by atoms with Crippen molar-refractivity contribution in [2.75, 3.05) is 0 Å². The average molecular weight is 227 g/mol. The molecule has 0 saturated heterocycles. The Labute approximate surface area is 101 Å². The summed E-state index contributed by atoms with van der Waals surface area (Å²) in [6.45, 7) is 2.99. The van der Waals surface area contributed by atoms with Crippen molar-refractivity contribution in [3.05, 3.63) is 47.8 Å². The molecule has 0 aliphatic heterocycles. The second kappa shape index (κ2) is 4.34. The molecule has 0 bridgehead atoms. The molecule has 1 aliphatic carbocycles. The van der Waals surface area contributed by atoms with Crippen LogP contribution in [0.5, 0.6) is 0 Å². The Morgan fingerprint density at radius 2 is 2.18 bits per heavy atom. The second-order valence-electron chi connectivity index (χ2n) is 4.75. The van der Waals surface area contributed by atoms with Crippen LogP contribution in [-0.4, -0.2) is 15.8 Å². The number of para-hydroxylation sites is 1. The van der Waals surface area contributed by atoms with Gasteiger partial charge in [0.25, 0.3) is 0 Å². The highest BCUT2D eigenvalue weighted by molar-refractivity contribution is 5.40. The van der Waals surface area contributed by atoms with E-state index in [0.717, 1.165) is 12.6 Å². The molecule has 1 fully saturated rings. The Kier molecular flexibility index (Phi) is 2.69. The molecular weight excluding hydrogens is 210 g/mol. The van der Waals surface area contributed by atoms with Gasteiger partial charge in [0.05, 0.1) is 11.9 Å². The van der Waals surface area contributed by atoms with Crippen LogP contribution in [0.25, 0.3) is 5.69 Å². The van der Waals surface area contributed by atoms with Crippen LogP contribution < -0.4 is 5.32 Å². The zero-order valence-electron chi connectivity index (χ0n) is 10.1. The van der Waals surface area contributed by atoms with Gasteiger partial charge in [0.15, 0.2) is 0 Å². The third kappa shape index (κ3) is 2.39. The highest BCUT2D eigenvalue weighted by Gasteiger charge is 2.20. The molecule has 0 spiro atoms. The summed E-state index contributed by atoms with van der Waals surface area (Å²) < 4.78 is 1.96. The average Bonchev–Trinajstić information content (AvgIpc) is 3.08. The fraction of sp³-hybridized carbons (Fsp3) is 0.357. The fourth-order valence-corrected chi connectivity index (χ4v) is 1.97. The Morgan fingerprint density at radius 1 is 1.35 bits per heavy atom. The molecule has 2 aromatic rings. The quantitative estimate of drug-likeness (QED) is 0.869. The molecule has 88 valence electrons. The minimum atomic E-state index is 0.738. The first-order valence-electron chi connectivity index (χ1n) is 6.16. The maximum absolute atomic E-state index is 4.38. The van der Waals surface area contributed by atoms with Crippen LogP contribution in [0.1, 0.15) is 24.0 Å². The zero-order chi connectivity index (χ0) is 11.7. The van der Waals surface area contributed by atoms with Gasteiger partial charge in [-0.1, -0.05) is 18.2 Å². The molecule has 0 atom stereocenters. The van der Waals surface area contributed by atoms with Crippen molar-refractivity contribution in [2.24, 2.45) is 0 Å². The molecule has 0 amide bonds. The Hall–Kier alpha value is -1.61. The Morgan fingerprint density at radius 3 is 2.88 bits per heavy atom. The standard InChI is InChI=1S/C14H17N3/c1-11-8-16-17(10-11)14-5-3-2-4-12(14)9-15-13-6-7-13/h2-5,8,10,13,15H,6-7,9H2,1H3. The lowest BCUT2D eigenvalue weighted by Crippen LogP contribution is -2.16. The van der Waals surface area contributed by atoms with Gasteiger partial charge in [-0.15, -0.1) is 0 Å². The molecule has 1 saturated carbocycles. The summed E-state index contributed by atoms with van der Waals surface area (Å²) in [4.78, 5) is 0. The van der Waals surface area contributed by atoms with Crippen LogP contribution in [-0.2, 0) is 6.54 Å². The molecule has 1 aliphatic rings. The van der Waals surface area contributed by atoms with Crippen LogP contribution in [0.3, 0.4) is 0 Å². The van der Waals surface area contributed by atoms with Gasteiger partial charge in [-0.25, -0.2) is 4.68 Å². The van der Waals surface area contributed by atoms with Gasteiger partial charge in [0, 0.05) is 18.8 Å². The van der Waals surface area contributed by atoms with Crippen molar-refractivity contribution in [2.45, 2.75) is 32.4 Å². The number of nitrogens with zero attached hydrogens (tertiary/aromatic N) is 2. The van der Waals surface area contributed by atoms with Crippen molar-refractivity contribution in [1.82, 2.24) is 15.1 Å². The fourth-order valence-electron chi connectivity index (χ4n) is 1.97. The van der Waals surface area contributed by atoms with Crippen LogP contribution >= 0.6 is 0 Å². The zero-order valence-corrected chi connectivity index (χ0v) is 10.1. The molecule has 1 aromatic heterocycles. The lowest BCUT2D eigenvalue weighted by molar-refractivity contribution is 0.681. The van der Waals surface area contributed by atoms with Gasteiger partial charge < -0.3 is 5.32 Å². The van der Waals surface area contributed by atoms with Gasteiger partial charge >= 0.3 is 0 Å². The van der Waals surface area contributed by atoms with Gasteiger partial charge in [0.2, 0.25) is 0 Å². The maximum Gasteiger partial charge on any atom is 0.0690 e. The minimum Gasteiger partial charge on any atom is -0.310 e. The smallest absolute Gasteiger partial charge is 0.0690 e. The summed E-state index contributed by atoms with van der Waals surface area (Å²) in [7, 11) is 0. The van der Waals surface area contributed by atoms with E-state index in [0.29, 0.717) is 0 Å². The summed E-state index contributed by atoms with van der Waals surface area (Å²) in [5.74, 6) is 0. The molecule has 0 unspecified atom stereocenters. The number of rotatable bonds is 4. The lowest BCUT2D eigenvalue weighted by Gasteiger charge is -2.10. The highest BCUT2D eigenvalue weighted by atomic mass is 15.3. The summed E-state index contributed by atoms with van der Waals surface area (Å²) in [5.41, 5.74) is 3.67. The number of nitrogens with one attached hydrogen (secondary N) is 1. The summed E-state index contributed by atoms with van der Waals surface area (Å²) in [6.07, 6.45) is 6.60. The molecule has 0 radical (unpaired) electrons. The number of hydrogen-bond acceptors (Lipinski definition) is 2. The number of aryl methyl sites for hydroxylation is 1. The van der Waals surface area contributed by atoms with E-state index < -0.39 is 0 Å². The van der Waals surface area contributed by atoms with Gasteiger partial charge in [-0.05, 0) is 37.0 Å². The first-order valence-corrected chi connectivity index (χ1v) is 6.16. The lowest BCUT2D eigenvalue weighted by atomic mass is 10.2. The number of hydrogen-bond donors (Lipinski definition) is 1. The molecule has 3 nitrogen and oxygen atoms in total. The SMILES string of the molecule is Cc1cnn(-c2ccccc2CNC2CC2)c1. The van der Waals surface area contributed by atoms with Crippen LogP contribution in [0, 0.1) is 6.92 Å². The van der Waals surface area contributed by atoms with Crippen molar-refractivity contribution in [1.29, 1.82) is 0 Å². The van der Waals surface area contributed by atoms with Crippen LogP contribution in [0.15, 0.2) is 36.7 Å². The van der Waals surface area contributed by atoms with E-state index in [1.807, 2.05) is 10.9 Å². The topological polar surface area (TPSA) is 29.9 Å². The number of aromatic nitrogens is 2. The molecule has 3 rings (SSSR count). The van der Waals surface area contributed by atoms with Crippen molar-refractivity contribution < 1.29 is 0 Å². The first-order chi connectivity index (χ1) is 8.33. The van der Waals surface area contributed by atoms with E-state index in [1.54, 1.807) is 0 Å². The summed E-state index contributed by atoms with van der Waals surface area (Å²) >= 11 is 0. The molecule has 1 aromatic carbocycles. The van der Waals surface area contributed by atoms with E-state index >= 15 is 0 Å². The van der Waals surface area contributed by atoms with Crippen molar-refractivity contribution in [3.8, 4) is 5.69 Å². The molecule has 1 heterocycles. The van der Waals surface area contributed by atoms with Crippen molar-refractivity contribution in [3.63, 3.8) is 0 Å². The summed E-state index contributed by atoms with van der Waals surface area (Å²) in [5, 5.41) is 7.93. The van der Waals surface area contributed by atoms with Crippen LogP contribution in [0.2, 0.25) is 0 Å². The second-order valence-corrected chi connectivity index (χ2v) is 4.75. The predicted octanol–water partition coefficient (Wildman–Crippen LogP) is 2.43. The third-order valence-electron chi connectivity index (χ3n) is 3.11. The normalized spacial score (nSPS) is 15.1. The van der Waals surface area contributed by atoms with E-state index in [-0.39, 0.29) is 0 Å². The number of benzene rings is 1.